The number of hydrogen-bond donors (Lipinski definition) is 4. The first-order valence-corrected chi connectivity index (χ1v) is 11.5. The Kier molecular flexibility index (Phi) is 8.80. The molecule has 0 spiro atoms. The zero-order valence-electron chi connectivity index (χ0n) is 19.7. The molecule has 3 aromatic rings. The quantitative estimate of drug-likeness (QED) is 0.227. The highest BCUT2D eigenvalue weighted by Gasteiger charge is 2.23. The Bertz CT molecular complexity index is 1260. The lowest BCUT2D eigenvalue weighted by Gasteiger charge is -2.12. The number of benzene rings is 2. The van der Waals surface area contributed by atoms with E-state index in [1.807, 2.05) is 0 Å². The van der Waals surface area contributed by atoms with Crippen molar-refractivity contribution in [3.8, 4) is 28.3 Å². The second-order valence-electron chi connectivity index (χ2n) is 7.56. The number of carboxylic acids is 1. The smallest absolute Gasteiger partial charge is 0.355 e. The zero-order chi connectivity index (χ0) is 26.2. The number of methoxy groups -OCH3 is 1. The Balaban J connectivity index is 1.78. The monoisotopic (exact) mass is 515 g/mol. The average Bonchev–Trinajstić information content (AvgIpc) is 3.18. The molecule has 1 heterocycles. The molecule has 11 heteroatoms. The highest BCUT2D eigenvalue weighted by Crippen LogP contribution is 2.37. The summed E-state index contributed by atoms with van der Waals surface area (Å²) in [6.45, 7) is 2.19. The second-order valence-corrected chi connectivity index (χ2v) is 7.95. The molecule has 0 unspecified atom stereocenters. The summed E-state index contributed by atoms with van der Waals surface area (Å²) in [6, 6.07) is 12.5. The largest absolute Gasteiger partial charge is 0.504 e. The molecule has 10 nitrogen and oxygen atoms in total. The number of hydrogen-bond acceptors (Lipinski definition) is 6. The predicted molar refractivity (Wildman–Crippen MR) is 134 cm³/mol. The standard InChI is InChI=1S/C25H26ClN3O7/c1-3-36-21(30)8-5-13-27-25(34)28-18-14-20(26)29(22(18)24(32)33)16-11-9-15(10-12-16)17-6-4-7-19(35-2)23(17)31/h4,6-7,9-12,14,31H,3,5,8,13H2,1-2H3,(H,32,33)(H2,27,28,34). The zero-order valence-corrected chi connectivity index (χ0v) is 20.5. The minimum atomic E-state index is -1.30. The number of aromatic nitrogens is 1. The molecule has 1 aromatic heterocycles. The number of aromatic hydroxyl groups is 1. The van der Waals surface area contributed by atoms with Gasteiger partial charge >= 0.3 is 18.0 Å². The fourth-order valence-corrected chi connectivity index (χ4v) is 3.87. The van der Waals surface area contributed by atoms with E-state index < -0.39 is 12.0 Å². The number of para-hydroxylation sites is 1. The molecular formula is C25H26ClN3O7. The van der Waals surface area contributed by atoms with Gasteiger partial charge in [0.1, 0.15) is 5.15 Å². The molecule has 0 bridgehead atoms. The van der Waals surface area contributed by atoms with Crippen molar-refractivity contribution in [1.29, 1.82) is 0 Å². The lowest BCUT2D eigenvalue weighted by atomic mass is 10.0. The highest BCUT2D eigenvalue weighted by atomic mass is 35.5. The third kappa shape index (κ3) is 6.08. The van der Waals surface area contributed by atoms with Crippen molar-refractivity contribution in [3.05, 3.63) is 59.4 Å². The molecule has 0 atom stereocenters. The molecule has 0 saturated heterocycles. The minimum Gasteiger partial charge on any atom is -0.504 e. The van der Waals surface area contributed by atoms with Crippen LogP contribution >= 0.6 is 11.6 Å². The number of nitrogens with zero attached hydrogens (tertiary/aromatic N) is 1. The number of ether oxygens (including phenoxy) is 2. The summed E-state index contributed by atoms with van der Waals surface area (Å²) in [5.41, 5.74) is 1.42. The van der Waals surface area contributed by atoms with Gasteiger partial charge in [-0.3, -0.25) is 9.36 Å². The van der Waals surface area contributed by atoms with Crippen LogP contribution in [-0.2, 0) is 9.53 Å². The number of phenolic OH excluding ortho intramolecular Hbond substituents is 1. The number of phenols is 1. The molecule has 0 radical (unpaired) electrons. The third-order valence-corrected chi connectivity index (χ3v) is 5.49. The maximum atomic E-state index is 12.3. The average molecular weight is 516 g/mol. The summed E-state index contributed by atoms with van der Waals surface area (Å²) in [5.74, 6) is -1.34. The van der Waals surface area contributed by atoms with Gasteiger partial charge < -0.3 is 30.3 Å². The van der Waals surface area contributed by atoms with Crippen LogP contribution in [0.2, 0.25) is 5.15 Å². The molecule has 36 heavy (non-hydrogen) atoms. The Morgan fingerprint density at radius 2 is 1.83 bits per heavy atom. The van der Waals surface area contributed by atoms with Crippen LogP contribution in [0.25, 0.3) is 16.8 Å². The van der Waals surface area contributed by atoms with Gasteiger partial charge in [0.25, 0.3) is 0 Å². The molecule has 0 saturated carbocycles. The molecule has 0 aliphatic heterocycles. The maximum Gasteiger partial charge on any atom is 0.355 e. The van der Waals surface area contributed by atoms with E-state index in [4.69, 9.17) is 21.1 Å². The van der Waals surface area contributed by atoms with E-state index >= 15 is 0 Å². The minimum absolute atomic E-state index is 0.00455. The van der Waals surface area contributed by atoms with Crippen LogP contribution in [-0.4, -0.2) is 53.0 Å². The number of esters is 1. The summed E-state index contributed by atoms with van der Waals surface area (Å²) >= 11 is 6.35. The molecule has 0 aliphatic carbocycles. The fourth-order valence-electron chi connectivity index (χ4n) is 3.58. The van der Waals surface area contributed by atoms with Gasteiger partial charge in [0.2, 0.25) is 0 Å². The summed E-state index contributed by atoms with van der Waals surface area (Å²) in [6.07, 6.45) is 0.523. The van der Waals surface area contributed by atoms with Gasteiger partial charge in [0, 0.05) is 30.3 Å². The summed E-state index contributed by atoms with van der Waals surface area (Å²) < 4.78 is 11.3. The first kappa shape index (κ1) is 26.4. The van der Waals surface area contributed by atoms with E-state index in [9.17, 15) is 24.6 Å². The van der Waals surface area contributed by atoms with E-state index in [2.05, 4.69) is 10.6 Å². The van der Waals surface area contributed by atoms with Gasteiger partial charge in [-0.1, -0.05) is 35.9 Å². The molecule has 2 amide bonds. The number of amides is 2. The van der Waals surface area contributed by atoms with Crippen LogP contribution in [0.4, 0.5) is 10.5 Å². The van der Waals surface area contributed by atoms with Crippen molar-refractivity contribution in [1.82, 2.24) is 9.88 Å². The van der Waals surface area contributed by atoms with E-state index in [0.29, 0.717) is 29.0 Å². The highest BCUT2D eigenvalue weighted by molar-refractivity contribution is 6.31. The molecular weight excluding hydrogens is 490 g/mol. The lowest BCUT2D eigenvalue weighted by molar-refractivity contribution is -0.143. The molecule has 4 N–H and O–H groups in total. The number of carbonyl (C=O) groups is 3. The Morgan fingerprint density at radius 1 is 1.11 bits per heavy atom. The van der Waals surface area contributed by atoms with E-state index in [1.165, 1.54) is 17.7 Å². The molecule has 0 fully saturated rings. The first-order valence-electron chi connectivity index (χ1n) is 11.1. The van der Waals surface area contributed by atoms with E-state index in [1.54, 1.807) is 49.4 Å². The number of anilines is 1. The van der Waals surface area contributed by atoms with Crippen molar-refractivity contribution in [2.24, 2.45) is 0 Å². The molecule has 190 valence electrons. The van der Waals surface area contributed by atoms with Crippen molar-refractivity contribution < 1.29 is 34.1 Å². The Morgan fingerprint density at radius 3 is 2.47 bits per heavy atom. The molecule has 0 aliphatic rings. The van der Waals surface area contributed by atoms with Crippen molar-refractivity contribution in [2.75, 3.05) is 25.6 Å². The van der Waals surface area contributed by atoms with Gasteiger partial charge in [-0.25, -0.2) is 9.59 Å². The van der Waals surface area contributed by atoms with Crippen molar-refractivity contribution in [3.63, 3.8) is 0 Å². The Labute approximate surface area is 212 Å². The van der Waals surface area contributed by atoms with E-state index in [-0.39, 0.29) is 47.8 Å². The SMILES string of the molecule is CCOC(=O)CCCNC(=O)Nc1cc(Cl)n(-c2ccc(-c3cccc(OC)c3O)cc2)c1C(=O)O. The van der Waals surface area contributed by atoms with Crippen LogP contribution in [0.5, 0.6) is 11.5 Å². The van der Waals surface area contributed by atoms with Crippen LogP contribution < -0.4 is 15.4 Å². The van der Waals surface area contributed by atoms with Gasteiger partial charge in [-0.05, 0) is 37.1 Å². The number of nitrogens with one attached hydrogen (secondary N) is 2. The van der Waals surface area contributed by atoms with Gasteiger partial charge in [-0.2, -0.15) is 0 Å². The van der Waals surface area contributed by atoms with Crippen LogP contribution in [0.3, 0.4) is 0 Å². The number of carbonyl (C=O) groups excluding carboxylic acids is 2. The molecule has 2 aromatic carbocycles. The number of urea groups is 1. The van der Waals surface area contributed by atoms with Crippen molar-refractivity contribution >= 4 is 35.3 Å². The van der Waals surface area contributed by atoms with Crippen LogP contribution in [0.15, 0.2) is 48.5 Å². The van der Waals surface area contributed by atoms with Gasteiger partial charge in [0.05, 0.1) is 19.4 Å². The number of aromatic carboxylic acids is 1. The Hall–Kier alpha value is -4.18. The van der Waals surface area contributed by atoms with E-state index in [0.717, 1.165) is 0 Å². The summed E-state index contributed by atoms with van der Waals surface area (Å²) in [7, 11) is 1.46. The topological polar surface area (TPSA) is 139 Å². The molecule has 3 rings (SSSR count). The van der Waals surface area contributed by atoms with Gasteiger partial charge in [0.15, 0.2) is 17.2 Å². The normalized spacial score (nSPS) is 10.5. The number of rotatable bonds is 10. The van der Waals surface area contributed by atoms with Gasteiger partial charge in [-0.15, -0.1) is 0 Å². The maximum absolute atomic E-state index is 12.3. The van der Waals surface area contributed by atoms with Crippen LogP contribution in [0, 0.1) is 0 Å². The lowest BCUT2D eigenvalue weighted by Crippen LogP contribution is -2.30. The van der Waals surface area contributed by atoms with Crippen molar-refractivity contribution in [2.45, 2.75) is 19.8 Å². The third-order valence-electron chi connectivity index (χ3n) is 5.21. The summed E-state index contributed by atoms with van der Waals surface area (Å²) in [5, 5.41) is 25.4. The first-order chi connectivity index (χ1) is 17.3. The second kappa shape index (κ2) is 12.0. The number of carboxylic acid groups (broad SMARTS) is 1. The predicted octanol–water partition coefficient (Wildman–Crippen LogP) is 4.67. The summed E-state index contributed by atoms with van der Waals surface area (Å²) in [4.78, 5) is 35.7. The number of halogens is 1. The van der Waals surface area contributed by atoms with Crippen LogP contribution in [0.1, 0.15) is 30.3 Å². The fraction of sp³-hybridized carbons (Fsp3) is 0.240.